The molecule has 3 rings (SSSR count). The van der Waals surface area contributed by atoms with E-state index in [0.717, 1.165) is 36.6 Å². The minimum atomic E-state index is -0.463. The van der Waals surface area contributed by atoms with E-state index in [1.807, 2.05) is 0 Å². The molecule has 1 aromatic rings. The van der Waals surface area contributed by atoms with E-state index < -0.39 is 5.41 Å². The first-order chi connectivity index (χ1) is 9.53. The predicted molar refractivity (Wildman–Crippen MR) is 81.2 cm³/mol. The van der Waals surface area contributed by atoms with E-state index in [1.165, 1.54) is 4.90 Å². The molecule has 20 heavy (non-hydrogen) atoms. The van der Waals surface area contributed by atoms with E-state index in [-0.39, 0.29) is 11.8 Å². The van der Waals surface area contributed by atoms with E-state index in [1.54, 1.807) is 18.2 Å². The molecule has 2 N–H and O–H groups in total. The maximum atomic E-state index is 12.8. The molecule has 1 aromatic carbocycles. The maximum absolute atomic E-state index is 12.8. The van der Waals surface area contributed by atoms with Crippen LogP contribution in [0.1, 0.15) is 38.5 Å². The van der Waals surface area contributed by atoms with Crippen LogP contribution in [0.2, 0.25) is 0 Å². The summed E-state index contributed by atoms with van der Waals surface area (Å²) in [5.74, 6) is -0.179. The smallest absolute Gasteiger partial charge is 0.240 e. The van der Waals surface area contributed by atoms with Crippen molar-refractivity contribution in [1.29, 1.82) is 0 Å². The largest absolute Gasteiger partial charge is 0.397 e. The van der Waals surface area contributed by atoms with Crippen LogP contribution in [0.4, 0.5) is 11.4 Å². The van der Waals surface area contributed by atoms with Crippen molar-refractivity contribution in [3.05, 3.63) is 22.7 Å². The van der Waals surface area contributed by atoms with Crippen molar-refractivity contribution in [3.8, 4) is 0 Å². The number of imide groups is 1. The highest BCUT2D eigenvalue weighted by Gasteiger charge is 2.52. The third-order valence-electron chi connectivity index (χ3n) is 4.44. The van der Waals surface area contributed by atoms with E-state index in [9.17, 15) is 9.59 Å². The van der Waals surface area contributed by atoms with Crippen molar-refractivity contribution in [3.63, 3.8) is 0 Å². The van der Waals surface area contributed by atoms with Crippen molar-refractivity contribution < 1.29 is 9.59 Å². The van der Waals surface area contributed by atoms with Gasteiger partial charge in [-0.3, -0.25) is 9.59 Å². The van der Waals surface area contributed by atoms with Gasteiger partial charge in [-0.25, -0.2) is 4.90 Å². The Morgan fingerprint density at radius 3 is 2.50 bits per heavy atom. The van der Waals surface area contributed by atoms with Crippen LogP contribution >= 0.6 is 15.9 Å². The molecule has 1 aliphatic carbocycles. The number of amides is 2. The van der Waals surface area contributed by atoms with Gasteiger partial charge >= 0.3 is 0 Å². The summed E-state index contributed by atoms with van der Waals surface area (Å²) in [6, 6.07) is 5.26. The molecule has 0 atom stereocenters. The van der Waals surface area contributed by atoms with E-state index >= 15 is 0 Å². The lowest BCUT2D eigenvalue weighted by molar-refractivity contribution is -0.127. The molecule has 0 unspecified atom stereocenters. The second-order valence-electron chi connectivity index (χ2n) is 5.76. The quantitative estimate of drug-likeness (QED) is 0.632. The van der Waals surface area contributed by atoms with Gasteiger partial charge in [0.1, 0.15) is 0 Å². The van der Waals surface area contributed by atoms with Crippen LogP contribution in [0.5, 0.6) is 0 Å². The number of carbonyl (C=O) groups is 2. The number of nitrogens with two attached hydrogens (primary N) is 1. The van der Waals surface area contributed by atoms with Gasteiger partial charge in [-0.2, -0.15) is 0 Å². The molecule has 106 valence electrons. The number of rotatable bonds is 1. The Balaban J connectivity index is 1.98. The topological polar surface area (TPSA) is 63.4 Å². The summed E-state index contributed by atoms with van der Waals surface area (Å²) in [6.07, 6.45) is 5.20. The maximum Gasteiger partial charge on any atom is 0.240 e. The van der Waals surface area contributed by atoms with Gasteiger partial charge in [0, 0.05) is 10.9 Å². The third-order valence-corrected chi connectivity index (χ3v) is 4.93. The summed E-state index contributed by atoms with van der Waals surface area (Å²) in [5, 5.41) is 0. The zero-order chi connectivity index (χ0) is 14.3. The second kappa shape index (κ2) is 4.88. The molecule has 1 saturated heterocycles. The minimum absolute atomic E-state index is 0.0591. The number of carbonyl (C=O) groups excluding carboxylic acids is 2. The standard InChI is InChI=1S/C15H17BrN2O2/c16-10-4-5-12(11(17)8-10)18-13(19)9-15(14(18)20)6-2-1-3-7-15/h4-5,8H,1-3,6-7,9,17H2. The molecular formula is C15H17BrN2O2. The van der Waals surface area contributed by atoms with Crippen molar-refractivity contribution >= 4 is 39.1 Å². The Morgan fingerprint density at radius 2 is 1.85 bits per heavy atom. The molecule has 1 aliphatic heterocycles. The fraction of sp³-hybridized carbons (Fsp3) is 0.467. The lowest BCUT2D eigenvalue weighted by Gasteiger charge is -2.30. The van der Waals surface area contributed by atoms with Crippen LogP contribution < -0.4 is 10.6 Å². The summed E-state index contributed by atoms with van der Waals surface area (Å²) < 4.78 is 0.838. The Hall–Kier alpha value is -1.36. The Labute approximate surface area is 126 Å². The molecule has 0 radical (unpaired) electrons. The SMILES string of the molecule is Nc1cc(Br)ccc1N1C(=O)CC2(CCCCC2)C1=O. The first-order valence-electron chi connectivity index (χ1n) is 6.96. The fourth-order valence-corrected chi connectivity index (χ4v) is 3.77. The van der Waals surface area contributed by atoms with Crippen LogP contribution in [0.15, 0.2) is 22.7 Å². The second-order valence-corrected chi connectivity index (χ2v) is 6.67. The van der Waals surface area contributed by atoms with Crippen LogP contribution in [-0.2, 0) is 9.59 Å². The highest BCUT2D eigenvalue weighted by molar-refractivity contribution is 9.10. The van der Waals surface area contributed by atoms with Gasteiger partial charge < -0.3 is 5.73 Å². The predicted octanol–water partition coefficient (Wildman–Crippen LogP) is 3.25. The number of hydrogen-bond donors (Lipinski definition) is 1. The number of halogens is 1. The summed E-state index contributed by atoms with van der Waals surface area (Å²) in [4.78, 5) is 26.4. The molecule has 0 bridgehead atoms. The molecule has 1 heterocycles. The molecular weight excluding hydrogens is 320 g/mol. The van der Waals surface area contributed by atoms with Crippen LogP contribution in [0.3, 0.4) is 0 Å². The average Bonchev–Trinajstić information content (AvgIpc) is 2.63. The van der Waals surface area contributed by atoms with Gasteiger partial charge in [0.25, 0.3) is 0 Å². The first-order valence-corrected chi connectivity index (χ1v) is 7.75. The van der Waals surface area contributed by atoms with Gasteiger partial charge in [0.05, 0.1) is 16.8 Å². The molecule has 2 amide bonds. The summed E-state index contributed by atoms with van der Waals surface area (Å²) in [5.41, 5.74) is 6.48. The Kier molecular flexibility index (Phi) is 3.32. The highest BCUT2D eigenvalue weighted by atomic mass is 79.9. The van der Waals surface area contributed by atoms with Crippen molar-refractivity contribution in [2.75, 3.05) is 10.6 Å². The monoisotopic (exact) mass is 336 g/mol. The highest BCUT2D eigenvalue weighted by Crippen LogP contribution is 2.47. The number of anilines is 2. The summed E-state index contributed by atoms with van der Waals surface area (Å²) >= 11 is 3.34. The van der Waals surface area contributed by atoms with Crippen LogP contribution in [-0.4, -0.2) is 11.8 Å². The normalized spacial score (nSPS) is 21.8. The minimum Gasteiger partial charge on any atom is -0.397 e. The fourth-order valence-electron chi connectivity index (χ4n) is 3.39. The lowest BCUT2D eigenvalue weighted by atomic mass is 9.73. The third kappa shape index (κ3) is 2.04. The summed E-state index contributed by atoms with van der Waals surface area (Å²) in [7, 11) is 0. The van der Waals surface area contributed by atoms with E-state index in [0.29, 0.717) is 17.8 Å². The van der Waals surface area contributed by atoms with Gasteiger partial charge in [-0.15, -0.1) is 0 Å². The number of hydrogen-bond acceptors (Lipinski definition) is 3. The zero-order valence-corrected chi connectivity index (χ0v) is 12.8. The van der Waals surface area contributed by atoms with Gasteiger partial charge in [0.15, 0.2) is 0 Å². The molecule has 1 spiro atoms. The van der Waals surface area contributed by atoms with Crippen LogP contribution in [0.25, 0.3) is 0 Å². The van der Waals surface area contributed by atoms with Gasteiger partial charge in [-0.1, -0.05) is 35.2 Å². The Bertz CT molecular complexity index is 579. The van der Waals surface area contributed by atoms with Crippen LogP contribution in [0, 0.1) is 5.41 Å². The lowest BCUT2D eigenvalue weighted by Crippen LogP contribution is -2.37. The van der Waals surface area contributed by atoms with Gasteiger partial charge in [0.2, 0.25) is 11.8 Å². The number of benzene rings is 1. The molecule has 5 heteroatoms. The average molecular weight is 337 g/mol. The van der Waals surface area contributed by atoms with E-state index in [4.69, 9.17) is 5.73 Å². The first kappa shape index (κ1) is 13.6. The number of nitrogens with zero attached hydrogens (tertiary/aromatic N) is 1. The molecule has 0 aromatic heterocycles. The Morgan fingerprint density at radius 1 is 1.15 bits per heavy atom. The van der Waals surface area contributed by atoms with E-state index in [2.05, 4.69) is 15.9 Å². The molecule has 4 nitrogen and oxygen atoms in total. The van der Waals surface area contributed by atoms with Crippen molar-refractivity contribution in [1.82, 2.24) is 0 Å². The van der Waals surface area contributed by atoms with Crippen molar-refractivity contribution in [2.24, 2.45) is 5.41 Å². The van der Waals surface area contributed by atoms with Gasteiger partial charge in [-0.05, 0) is 31.0 Å². The summed E-state index contributed by atoms with van der Waals surface area (Å²) in [6.45, 7) is 0. The molecule has 2 aliphatic rings. The number of nitrogen functional groups attached to an aromatic ring is 1. The zero-order valence-electron chi connectivity index (χ0n) is 11.2. The van der Waals surface area contributed by atoms with Crippen molar-refractivity contribution in [2.45, 2.75) is 38.5 Å². The molecule has 1 saturated carbocycles. The molecule has 2 fully saturated rings.